The first-order valence-corrected chi connectivity index (χ1v) is 5.66. The van der Waals surface area contributed by atoms with Gasteiger partial charge < -0.3 is 16.2 Å². The van der Waals surface area contributed by atoms with Crippen LogP contribution in [0.5, 0.6) is 0 Å². The van der Waals surface area contributed by atoms with Gasteiger partial charge in [-0.15, -0.1) is 0 Å². The molecule has 0 aromatic heterocycles. The van der Waals surface area contributed by atoms with Crippen molar-refractivity contribution in [2.24, 2.45) is 11.7 Å². The lowest BCUT2D eigenvalue weighted by Crippen LogP contribution is -2.52. The number of amides is 1. The predicted molar refractivity (Wildman–Crippen MR) is 61.4 cm³/mol. The lowest BCUT2D eigenvalue weighted by molar-refractivity contribution is -0.126. The van der Waals surface area contributed by atoms with Crippen molar-refractivity contribution in [3.05, 3.63) is 0 Å². The smallest absolute Gasteiger partial charge is 0.239 e. The minimum Gasteiger partial charge on any atom is -0.396 e. The minimum absolute atomic E-state index is 0.110. The van der Waals surface area contributed by atoms with Crippen LogP contribution < -0.4 is 11.1 Å². The summed E-state index contributed by atoms with van der Waals surface area (Å²) in [4.78, 5) is 11.6. The van der Waals surface area contributed by atoms with Crippen LogP contribution in [0.25, 0.3) is 0 Å². The van der Waals surface area contributed by atoms with E-state index in [2.05, 4.69) is 5.32 Å². The van der Waals surface area contributed by atoms with Gasteiger partial charge in [0, 0.05) is 13.2 Å². The Hall–Kier alpha value is -0.610. The third-order valence-electron chi connectivity index (χ3n) is 2.92. The molecule has 0 heterocycles. The van der Waals surface area contributed by atoms with Crippen LogP contribution in [-0.2, 0) is 4.79 Å². The van der Waals surface area contributed by atoms with E-state index < -0.39 is 5.54 Å². The summed E-state index contributed by atoms with van der Waals surface area (Å²) in [6.45, 7) is 6.44. The van der Waals surface area contributed by atoms with Gasteiger partial charge in [-0.2, -0.15) is 0 Å². The molecule has 2 atom stereocenters. The molecule has 0 rings (SSSR count). The minimum atomic E-state index is -0.780. The van der Waals surface area contributed by atoms with E-state index >= 15 is 0 Å². The third-order valence-corrected chi connectivity index (χ3v) is 2.92. The number of carbonyl (C=O) groups is 1. The largest absolute Gasteiger partial charge is 0.396 e. The highest BCUT2D eigenvalue weighted by Gasteiger charge is 2.25. The number of nitrogens with two attached hydrogens (primary N) is 1. The van der Waals surface area contributed by atoms with E-state index in [1.807, 2.05) is 13.8 Å². The van der Waals surface area contributed by atoms with Crippen LogP contribution in [0.1, 0.15) is 40.0 Å². The predicted octanol–water partition coefficient (Wildman–Crippen LogP) is 0.639. The molecule has 4 heteroatoms. The van der Waals surface area contributed by atoms with E-state index in [-0.39, 0.29) is 12.5 Å². The molecule has 0 spiro atoms. The quantitative estimate of drug-likeness (QED) is 0.584. The van der Waals surface area contributed by atoms with E-state index in [0.29, 0.717) is 18.9 Å². The maximum absolute atomic E-state index is 11.6. The summed E-state index contributed by atoms with van der Waals surface area (Å²) < 4.78 is 0. The standard InChI is InChI=1S/C11H24N2O2/c1-4-9(6-7-14)8-13-10(15)11(3,12)5-2/h9,14H,4-8,12H2,1-3H3,(H,13,15). The van der Waals surface area contributed by atoms with Crippen LogP contribution in [0.2, 0.25) is 0 Å². The highest BCUT2D eigenvalue weighted by molar-refractivity contribution is 5.85. The summed E-state index contributed by atoms with van der Waals surface area (Å²) in [5.74, 6) is 0.230. The lowest BCUT2D eigenvalue weighted by Gasteiger charge is -2.23. The first kappa shape index (κ1) is 14.4. The van der Waals surface area contributed by atoms with E-state index in [9.17, 15) is 4.79 Å². The van der Waals surface area contributed by atoms with Crippen LogP contribution in [0, 0.1) is 5.92 Å². The summed E-state index contributed by atoms with van der Waals surface area (Å²) >= 11 is 0. The number of hydrogen-bond donors (Lipinski definition) is 3. The normalized spacial score (nSPS) is 16.9. The molecule has 0 aliphatic heterocycles. The number of hydrogen-bond acceptors (Lipinski definition) is 3. The Bertz CT molecular complexity index is 193. The topological polar surface area (TPSA) is 75.3 Å². The fourth-order valence-electron chi connectivity index (χ4n) is 1.23. The van der Waals surface area contributed by atoms with Crippen molar-refractivity contribution >= 4 is 5.91 Å². The van der Waals surface area contributed by atoms with Gasteiger partial charge in [0.1, 0.15) is 0 Å². The SMILES string of the molecule is CCC(CCO)CNC(=O)C(C)(N)CC. The van der Waals surface area contributed by atoms with E-state index in [0.717, 1.165) is 12.8 Å². The van der Waals surface area contributed by atoms with Gasteiger partial charge in [0.05, 0.1) is 5.54 Å². The molecule has 0 bridgehead atoms. The van der Waals surface area contributed by atoms with Crippen molar-refractivity contribution in [2.45, 2.75) is 45.6 Å². The van der Waals surface area contributed by atoms with E-state index in [1.54, 1.807) is 6.92 Å². The third kappa shape index (κ3) is 5.14. The van der Waals surface area contributed by atoms with Crippen LogP contribution >= 0.6 is 0 Å². The number of nitrogens with one attached hydrogen (secondary N) is 1. The van der Waals surface area contributed by atoms with Crippen molar-refractivity contribution in [2.75, 3.05) is 13.2 Å². The van der Waals surface area contributed by atoms with Crippen LogP contribution in [0.4, 0.5) is 0 Å². The first-order valence-electron chi connectivity index (χ1n) is 5.66. The van der Waals surface area contributed by atoms with Crippen LogP contribution in [0.15, 0.2) is 0 Å². The monoisotopic (exact) mass is 216 g/mol. The van der Waals surface area contributed by atoms with Gasteiger partial charge in [-0.05, 0) is 25.7 Å². The molecular weight excluding hydrogens is 192 g/mol. The number of aliphatic hydroxyl groups is 1. The van der Waals surface area contributed by atoms with Gasteiger partial charge in [-0.25, -0.2) is 0 Å². The van der Waals surface area contributed by atoms with Crippen LogP contribution in [0.3, 0.4) is 0 Å². The number of carbonyl (C=O) groups excluding carboxylic acids is 1. The summed E-state index contributed by atoms with van der Waals surface area (Å²) in [6.07, 6.45) is 2.30. The molecule has 4 N–H and O–H groups in total. The maximum Gasteiger partial charge on any atom is 0.239 e. The molecule has 0 radical (unpaired) electrons. The van der Waals surface area contributed by atoms with Crippen molar-refractivity contribution in [1.29, 1.82) is 0 Å². The van der Waals surface area contributed by atoms with Crippen molar-refractivity contribution < 1.29 is 9.90 Å². The van der Waals surface area contributed by atoms with Crippen molar-refractivity contribution in [3.63, 3.8) is 0 Å². The number of aliphatic hydroxyl groups excluding tert-OH is 1. The molecule has 0 aromatic carbocycles. The summed E-state index contributed by atoms with van der Waals surface area (Å²) in [5.41, 5.74) is 5.02. The Morgan fingerprint density at radius 1 is 1.53 bits per heavy atom. The van der Waals surface area contributed by atoms with Crippen molar-refractivity contribution in [3.8, 4) is 0 Å². The second-order valence-electron chi connectivity index (χ2n) is 4.27. The van der Waals surface area contributed by atoms with Gasteiger partial charge in [0.15, 0.2) is 0 Å². The first-order chi connectivity index (χ1) is 6.97. The fourth-order valence-corrected chi connectivity index (χ4v) is 1.23. The Balaban J connectivity index is 3.98. The van der Waals surface area contributed by atoms with Gasteiger partial charge in [-0.1, -0.05) is 20.3 Å². The second kappa shape index (κ2) is 6.80. The molecule has 0 aliphatic rings. The highest BCUT2D eigenvalue weighted by atomic mass is 16.3. The molecule has 0 saturated carbocycles. The molecule has 0 fully saturated rings. The molecule has 4 nitrogen and oxygen atoms in total. The van der Waals surface area contributed by atoms with Crippen LogP contribution in [-0.4, -0.2) is 29.7 Å². The Kier molecular flexibility index (Phi) is 6.52. The average Bonchev–Trinajstić information content (AvgIpc) is 2.23. The molecule has 15 heavy (non-hydrogen) atoms. The summed E-state index contributed by atoms with van der Waals surface area (Å²) in [5, 5.41) is 11.6. The molecule has 90 valence electrons. The highest BCUT2D eigenvalue weighted by Crippen LogP contribution is 2.08. The molecule has 0 aromatic rings. The fraction of sp³-hybridized carbons (Fsp3) is 0.909. The zero-order valence-electron chi connectivity index (χ0n) is 10.0. The average molecular weight is 216 g/mol. The van der Waals surface area contributed by atoms with E-state index in [1.165, 1.54) is 0 Å². The molecule has 2 unspecified atom stereocenters. The molecular formula is C11H24N2O2. The lowest BCUT2D eigenvalue weighted by atomic mass is 9.98. The Morgan fingerprint density at radius 2 is 2.13 bits per heavy atom. The number of rotatable bonds is 7. The van der Waals surface area contributed by atoms with Gasteiger partial charge >= 0.3 is 0 Å². The van der Waals surface area contributed by atoms with Gasteiger partial charge in [-0.3, -0.25) is 4.79 Å². The zero-order chi connectivity index (χ0) is 11.9. The Morgan fingerprint density at radius 3 is 2.53 bits per heavy atom. The Labute approximate surface area is 92.2 Å². The van der Waals surface area contributed by atoms with Gasteiger partial charge in [0.2, 0.25) is 5.91 Å². The summed E-state index contributed by atoms with van der Waals surface area (Å²) in [7, 11) is 0. The molecule has 0 aliphatic carbocycles. The van der Waals surface area contributed by atoms with Crippen molar-refractivity contribution in [1.82, 2.24) is 5.32 Å². The zero-order valence-corrected chi connectivity index (χ0v) is 10.0. The molecule has 1 amide bonds. The summed E-state index contributed by atoms with van der Waals surface area (Å²) in [6, 6.07) is 0. The molecule has 0 saturated heterocycles. The maximum atomic E-state index is 11.6. The van der Waals surface area contributed by atoms with E-state index in [4.69, 9.17) is 10.8 Å². The second-order valence-corrected chi connectivity index (χ2v) is 4.27. The van der Waals surface area contributed by atoms with Gasteiger partial charge in [0.25, 0.3) is 0 Å².